The lowest BCUT2D eigenvalue weighted by Crippen LogP contribution is -2.45. The van der Waals surface area contributed by atoms with Crippen LogP contribution in [0, 0.1) is 0 Å². The standard InChI is InChI=1S/C37H38ClF3N8O7/c1-54-27-13-3-22(4-14-27)15-19-42-30(51)31(52)43-20-16-28(32(53)55-2)45-29(50)23-5-11-26(12-6-23)44-33-46-34(48-35(47-33)56-21-37(39,40)41)49-36(17-18-36)24-7-9-25(38)10-8-24/h3-14,28H,15-21H2,1-2H3,(H,42,51)(H,43,52)(H,45,50)(H2,44,46,47,48,49)/t28-/m0/s1. The Kier molecular flexibility index (Phi) is 13.5. The highest BCUT2D eigenvalue weighted by molar-refractivity contribution is 6.35. The fourth-order valence-corrected chi connectivity index (χ4v) is 5.47. The van der Waals surface area contributed by atoms with Crippen molar-refractivity contribution in [3.05, 3.63) is 94.5 Å². The molecule has 0 aliphatic heterocycles. The molecule has 1 saturated carbocycles. The molecule has 1 fully saturated rings. The number of esters is 1. The lowest BCUT2D eigenvalue weighted by molar-refractivity contribution is -0.154. The molecule has 1 heterocycles. The van der Waals surface area contributed by atoms with Crippen molar-refractivity contribution in [3.8, 4) is 11.8 Å². The molecule has 5 rings (SSSR count). The summed E-state index contributed by atoms with van der Waals surface area (Å²) < 4.78 is 53.6. The van der Waals surface area contributed by atoms with Gasteiger partial charge in [0, 0.05) is 29.4 Å². The van der Waals surface area contributed by atoms with Crippen molar-refractivity contribution in [3.63, 3.8) is 0 Å². The average Bonchev–Trinajstić information content (AvgIpc) is 3.96. The first kappa shape index (κ1) is 41.0. The first-order chi connectivity index (χ1) is 26.8. The second kappa shape index (κ2) is 18.4. The van der Waals surface area contributed by atoms with E-state index in [2.05, 4.69) is 41.5 Å². The number of carbonyl (C=O) groups is 4. The van der Waals surface area contributed by atoms with Crippen molar-refractivity contribution in [2.24, 2.45) is 0 Å². The van der Waals surface area contributed by atoms with Crippen LogP contribution in [0.5, 0.6) is 11.8 Å². The molecule has 0 saturated heterocycles. The van der Waals surface area contributed by atoms with Gasteiger partial charge in [-0.3, -0.25) is 14.4 Å². The molecule has 0 bridgehead atoms. The predicted molar refractivity (Wildman–Crippen MR) is 198 cm³/mol. The second-order valence-corrected chi connectivity index (χ2v) is 13.0. The zero-order valence-corrected chi connectivity index (χ0v) is 30.9. The van der Waals surface area contributed by atoms with E-state index >= 15 is 0 Å². The van der Waals surface area contributed by atoms with Crippen molar-refractivity contribution in [1.82, 2.24) is 30.9 Å². The van der Waals surface area contributed by atoms with E-state index in [1.807, 2.05) is 24.3 Å². The summed E-state index contributed by atoms with van der Waals surface area (Å²) in [5.74, 6) is -2.66. The molecule has 56 heavy (non-hydrogen) atoms. The molecule has 15 nitrogen and oxygen atoms in total. The van der Waals surface area contributed by atoms with Crippen molar-refractivity contribution < 1.29 is 46.6 Å². The summed E-state index contributed by atoms with van der Waals surface area (Å²) in [5, 5.41) is 14.1. The predicted octanol–water partition coefficient (Wildman–Crippen LogP) is 4.46. The Morgan fingerprint density at radius 3 is 2.09 bits per heavy atom. The molecular weight excluding hydrogens is 761 g/mol. The van der Waals surface area contributed by atoms with Crippen LogP contribution in [-0.4, -0.2) is 84.8 Å². The van der Waals surface area contributed by atoms with E-state index in [9.17, 15) is 32.3 Å². The number of hydrogen-bond donors (Lipinski definition) is 5. The highest BCUT2D eigenvalue weighted by Gasteiger charge is 2.45. The van der Waals surface area contributed by atoms with Crippen LogP contribution in [0.2, 0.25) is 5.02 Å². The van der Waals surface area contributed by atoms with Crippen LogP contribution in [0.1, 0.15) is 40.7 Å². The first-order valence-electron chi connectivity index (χ1n) is 17.2. The summed E-state index contributed by atoms with van der Waals surface area (Å²) in [7, 11) is 2.70. The molecule has 0 spiro atoms. The molecule has 4 aromatic rings. The zero-order valence-electron chi connectivity index (χ0n) is 30.2. The second-order valence-electron chi connectivity index (χ2n) is 12.5. The largest absolute Gasteiger partial charge is 0.497 e. The monoisotopic (exact) mass is 798 g/mol. The third-order valence-corrected chi connectivity index (χ3v) is 8.71. The smallest absolute Gasteiger partial charge is 0.422 e. The van der Waals surface area contributed by atoms with Gasteiger partial charge < -0.3 is 40.8 Å². The van der Waals surface area contributed by atoms with Crippen LogP contribution in [0.3, 0.4) is 0 Å². The van der Waals surface area contributed by atoms with E-state index in [1.165, 1.54) is 24.3 Å². The minimum atomic E-state index is -4.64. The molecule has 0 radical (unpaired) electrons. The van der Waals surface area contributed by atoms with Gasteiger partial charge in [-0.2, -0.15) is 28.1 Å². The molecule has 296 valence electrons. The van der Waals surface area contributed by atoms with Crippen LogP contribution < -0.4 is 36.1 Å². The van der Waals surface area contributed by atoms with Gasteiger partial charge in [0.1, 0.15) is 11.8 Å². The number of nitrogens with one attached hydrogen (secondary N) is 5. The van der Waals surface area contributed by atoms with Crippen LogP contribution in [0.15, 0.2) is 72.8 Å². The Balaban J connectivity index is 1.16. The Morgan fingerprint density at radius 1 is 0.839 bits per heavy atom. The lowest BCUT2D eigenvalue weighted by Gasteiger charge is -2.19. The number of alkyl halides is 3. The number of benzene rings is 3. The van der Waals surface area contributed by atoms with Gasteiger partial charge in [-0.25, -0.2) is 4.79 Å². The third-order valence-electron chi connectivity index (χ3n) is 8.46. The maximum atomic E-state index is 13.1. The van der Waals surface area contributed by atoms with Crippen LogP contribution in [0.4, 0.5) is 30.8 Å². The molecule has 5 N–H and O–H groups in total. The van der Waals surface area contributed by atoms with Gasteiger partial charge >= 0.3 is 30.0 Å². The van der Waals surface area contributed by atoms with Gasteiger partial charge in [-0.1, -0.05) is 35.9 Å². The van der Waals surface area contributed by atoms with Crippen molar-refractivity contribution in [2.75, 3.05) is 44.5 Å². The number of methoxy groups -OCH3 is 2. The molecule has 1 aliphatic rings. The Labute approximate surface area is 324 Å². The maximum absolute atomic E-state index is 13.1. The SMILES string of the molecule is COC(=O)[C@H](CCNC(=O)C(=O)NCCc1ccc(OC)cc1)NC(=O)c1ccc(Nc2nc(NC3(c4ccc(Cl)cc4)CC3)nc(OCC(F)(F)F)n2)cc1. The number of aromatic nitrogens is 3. The lowest BCUT2D eigenvalue weighted by atomic mass is 10.1. The quantitative estimate of drug-likeness (QED) is 0.0745. The number of hydrogen-bond acceptors (Lipinski definition) is 12. The van der Waals surface area contributed by atoms with Crippen LogP contribution in [-0.2, 0) is 31.1 Å². The fourth-order valence-electron chi connectivity index (χ4n) is 5.34. The van der Waals surface area contributed by atoms with Crippen molar-refractivity contribution in [1.29, 1.82) is 0 Å². The minimum absolute atomic E-state index is 0.0291. The molecule has 3 amide bonds. The van der Waals surface area contributed by atoms with Crippen molar-refractivity contribution in [2.45, 2.75) is 43.4 Å². The van der Waals surface area contributed by atoms with Crippen molar-refractivity contribution >= 4 is 52.9 Å². The van der Waals surface area contributed by atoms with E-state index in [4.69, 9.17) is 25.8 Å². The van der Waals surface area contributed by atoms with Gasteiger partial charge in [0.25, 0.3) is 5.91 Å². The van der Waals surface area contributed by atoms with Gasteiger partial charge in [0.05, 0.1) is 19.8 Å². The van der Waals surface area contributed by atoms with E-state index in [1.54, 1.807) is 31.4 Å². The number of halogens is 4. The first-order valence-corrected chi connectivity index (χ1v) is 17.6. The number of carbonyl (C=O) groups excluding carboxylic acids is 4. The zero-order chi connectivity index (χ0) is 40.3. The summed E-state index contributed by atoms with van der Waals surface area (Å²) in [5.41, 5.74) is 1.76. The summed E-state index contributed by atoms with van der Waals surface area (Å²) in [6.45, 7) is -1.54. The molecule has 0 unspecified atom stereocenters. The van der Waals surface area contributed by atoms with Gasteiger partial charge in [-0.15, -0.1) is 0 Å². The molecule has 1 aromatic heterocycles. The van der Waals surface area contributed by atoms with E-state index in [-0.39, 0.29) is 37.0 Å². The number of ether oxygens (including phenoxy) is 3. The number of nitrogens with zero attached hydrogens (tertiary/aromatic N) is 3. The number of rotatable bonds is 17. The Hall–Kier alpha value is -6.17. The fraction of sp³-hybridized carbons (Fsp3) is 0.324. The molecule has 3 aromatic carbocycles. The topological polar surface area (TPSA) is 195 Å². The summed E-state index contributed by atoms with van der Waals surface area (Å²) in [6.07, 6.45) is -2.82. The van der Waals surface area contributed by atoms with E-state index in [0.717, 1.165) is 18.2 Å². The highest BCUT2D eigenvalue weighted by Crippen LogP contribution is 2.48. The average molecular weight is 799 g/mol. The molecular formula is C37H38ClF3N8O7. The van der Waals surface area contributed by atoms with Gasteiger partial charge in [0.2, 0.25) is 11.9 Å². The maximum Gasteiger partial charge on any atom is 0.422 e. The number of amides is 3. The van der Waals surface area contributed by atoms with Gasteiger partial charge in [0.15, 0.2) is 6.61 Å². The summed E-state index contributed by atoms with van der Waals surface area (Å²) in [6, 6.07) is 18.5. The van der Waals surface area contributed by atoms with Gasteiger partial charge in [-0.05, 0) is 85.3 Å². The summed E-state index contributed by atoms with van der Waals surface area (Å²) in [4.78, 5) is 62.4. The van der Waals surface area contributed by atoms with E-state index < -0.39 is 54.1 Å². The third kappa shape index (κ3) is 11.9. The molecule has 1 aliphatic carbocycles. The Bertz CT molecular complexity index is 2000. The van der Waals surface area contributed by atoms with Crippen LogP contribution >= 0.6 is 11.6 Å². The summed E-state index contributed by atoms with van der Waals surface area (Å²) >= 11 is 6.03. The van der Waals surface area contributed by atoms with Crippen LogP contribution in [0.25, 0.3) is 0 Å². The molecule has 1 atom stereocenters. The van der Waals surface area contributed by atoms with E-state index in [0.29, 0.717) is 35.7 Å². The Morgan fingerprint density at radius 2 is 1.48 bits per heavy atom. The normalized spacial score (nSPS) is 13.4. The number of anilines is 3. The highest BCUT2D eigenvalue weighted by atomic mass is 35.5. The minimum Gasteiger partial charge on any atom is -0.497 e. The molecule has 19 heteroatoms.